The molecule has 1 N–H and O–H groups in total. The summed E-state index contributed by atoms with van der Waals surface area (Å²) in [7, 11) is 0. The number of aromatic nitrogens is 3. The molecule has 0 spiro atoms. The van der Waals surface area contributed by atoms with Gasteiger partial charge in [-0.15, -0.1) is 0 Å². The summed E-state index contributed by atoms with van der Waals surface area (Å²) in [6.45, 7) is 1.17. The third-order valence-electron chi connectivity index (χ3n) is 5.75. The fourth-order valence-corrected chi connectivity index (χ4v) is 4.03. The largest absolute Gasteiger partial charge is 0.489 e. The first-order valence-corrected chi connectivity index (χ1v) is 11.3. The molecule has 174 valence electrons. The molecule has 2 aromatic heterocycles. The molecule has 5 rings (SSSR count). The fourth-order valence-electron chi connectivity index (χ4n) is 4.03. The third kappa shape index (κ3) is 4.58. The number of benzene rings is 2. The van der Waals surface area contributed by atoms with Crippen molar-refractivity contribution in [2.24, 2.45) is 0 Å². The molecule has 1 fully saturated rings. The second-order valence-electron chi connectivity index (χ2n) is 8.09. The molecule has 1 amide bonds. The number of hydrogen-bond acceptors (Lipinski definition) is 4. The van der Waals surface area contributed by atoms with Gasteiger partial charge in [0.15, 0.2) is 5.82 Å². The van der Waals surface area contributed by atoms with Crippen molar-refractivity contribution < 1.29 is 18.7 Å². The SMILES string of the molecule is O=C(Nc1ccccc1OCC1CCCCO1)c1cnn(-c2ccccc2F)c1-n1cccc1. The van der Waals surface area contributed by atoms with Crippen molar-refractivity contribution in [3.05, 3.63) is 90.6 Å². The summed E-state index contributed by atoms with van der Waals surface area (Å²) in [5.41, 5.74) is 1.09. The lowest BCUT2D eigenvalue weighted by atomic mass is 10.1. The van der Waals surface area contributed by atoms with Gasteiger partial charge in [0.25, 0.3) is 5.91 Å². The van der Waals surface area contributed by atoms with Crippen molar-refractivity contribution in [2.45, 2.75) is 25.4 Å². The van der Waals surface area contributed by atoms with E-state index in [0.29, 0.717) is 29.4 Å². The monoisotopic (exact) mass is 460 g/mol. The van der Waals surface area contributed by atoms with Gasteiger partial charge in [-0.1, -0.05) is 24.3 Å². The number of nitrogens with one attached hydrogen (secondary N) is 1. The zero-order valence-electron chi connectivity index (χ0n) is 18.6. The van der Waals surface area contributed by atoms with Crippen LogP contribution in [0.1, 0.15) is 29.6 Å². The van der Waals surface area contributed by atoms with Crippen LogP contribution in [0.15, 0.2) is 79.3 Å². The molecule has 34 heavy (non-hydrogen) atoms. The fraction of sp³-hybridized carbons (Fsp3) is 0.231. The Labute approximate surface area is 196 Å². The quantitative estimate of drug-likeness (QED) is 0.421. The lowest BCUT2D eigenvalue weighted by Gasteiger charge is -2.23. The Morgan fingerprint density at radius 2 is 1.88 bits per heavy atom. The van der Waals surface area contributed by atoms with Gasteiger partial charge in [0.1, 0.15) is 29.4 Å². The molecule has 8 heteroatoms. The van der Waals surface area contributed by atoms with Gasteiger partial charge in [-0.2, -0.15) is 5.10 Å². The number of nitrogens with zero attached hydrogens (tertiary/aromatic N) is 3. The van der Waals surface area contributed by atoms with Crippen molar-refractivity contribution >= 4 is 11.6 Å². The molecular weight excluding hydrogens is 435 g/mol. The number of ether oxygens (including phenoxy) is 2. The molecule has 3 heterocycles. The lowest BCUT2D eigenvalue weighted by Crippen LogP contribution is -2.26. The van der Waals surface area contributed by atoms with Crippen molar-refractivity contribution in [1.29, 1.82) is 0 Å². The number of carbonyl (C=O) groups excluding carboxylic acids is 1. The van der Waals surface area contributed by atoms with Gasteiger partial charge in [0.05, 0.1) is 18.0 Å². The van der Waals surface area contributed by atoms with Crippen LogP contribution in [-0.4, -0.2) is 39.6 Å². The van der Waals surface area contributed by atoms with E-state index in [9.17, 15) is 9.18 Å². The van der Waals surface area contributed by atoms with Crippen molar-refractivity contribution in [3.63, 3.8) is 0 Å². The van der Waals surface area contributed by atoms with Crippen LogP contribution in [0.5, 0.6) is 5.75 Å². The van der Waals surface area contributed by atoms with Crippen molar-refractivity contribution in [3.8, 4) is 17.3 Å². The molecule has 0 radical (unpaired) electrons. The molecule has 2 aromatic carbocycles. The minimum Gasteiger partial charge on any atom is -0.489 e. The average molecular weight is 461 g/mol. The summed E-state index contributed by atoms with van der Waals surface area (Å²) in [6, 6.07) is 17.3. The minimum atomic E-state index is -0.436. The van der Waals surface area contributed by atoms with Gasteiger partial charge >= 0.3 is 0 Å². The standard InChI is InChI=1S/C26H25FN4O3/c27-21-10-1-3-12-23(21)31-26(30-14-6-7-15-30)20(17-28-31)25(32)29-22-11-2-4-13-24(22)34-18-19-9-5-8-16-33-19/h1-4,6-7,10-15,17,19H,5,8-9,16,18H2,(H,29,32). The van der Waals surface area contributed by atoms with E-state index in [4.69, 9.17) is 9.47 Å². The van der Waals surface area contributed by atoms with Gasteiger partial charge in [0, 0.05) is 19.0 Å². The third-order valence-corrected chi connectivity index (χ3v) is 5.75. The summed E-state index contributed by atoms with van der Waals surface area (Å²) in [5.74, 6) is 0.182. The van der Waals surface area contributed by atoms with Crippen LogP contribution in [-0.2, 0) is 4.74 Å². The highest BCUT2D eigenvalue weighted by atomic mass is 19.1. The molecule has 1 aliphatic heterocycles. The number of hydrogen-bond donors (Lipinski definition) is 1. The molecular formula is C26H25FN4O3. The van der Waals surface area contributed by atoms with Crippen molar-refractivity contribution in [2.75, 3.05) is 18.5 Å². The maximum absolute atomic E-state index is 14.5. The average Bonchev–Trinajstić information content (AvgIpc) is 3.54. The van der Waals surface area contributed by atoms with E-state index in [1.807, 2.05) is 30.3 Å². The first-order chi connectivity index (χ1) is 16.7. The Hall–Kier alpha value is -3.91. The van der Waals surface area contributed by atoms with Crippen LogP contribution in [0.25, 0.3) is 11.5 Å². The van der Waals surface area contributed by atoms with Gasteiger partial charge in [-0.05, 0) is 55.7 Å². The van der Waals surface area contributed by atoms with E-state index in [1.54, 1.807) is 41.2 Å². The highest BCUT2D eigenvalue weighted by Crippen LogP contribution is 2.27. The van der Waals surface area contributed by atoms with Crippen LogP contribution >= 0.6 is 0 Å². The molecule has 7 nitrogen and oxygen atoms in total. The van der Waals surface area contributed by atoms with Crippen LogP contribution < -0.4 is 10.1 Å². The first kappa shape index (κ1) is 21.9. The molecule has 1 saturated heterocycles. The summed E-state index contributed by atoms with van der Waals surface area (Å²) >= 11 is 0. The number of para-hydroxylation sites is 3. The second-order valence-corrected chi connectivity index (χ2v) is 8.09. The maximum atomic E-state index is 14.5. The Morgan fingerprint density at radius 3 is 2.68 bits per heavy atom. The first-order valence-electron chi connectivity index (χ1n) is 11.3. The Morgan fingerprint density at radius 1 is 1.09 bits per heavy atom. The molecule has 0 bridgehead atoms. The number of rotatable bonds is 7. The zero-order chi connectivity index (χ0) is 23.3. The van der Waals surface area contributed by atoms with E-state index in [2.05, 4.69) is 10.4 Å². The minimum absolute atomic E-state index is 0.0526. The van der Waals surface area contributed by atoms with Crippen LogP contribution in [0.3, 0.4) is 0 Å². The molecule has 1 unspecified atom stereocenters. The zero-order valence-corrected chi connectivity index (χ0v) is 18.6. The topological polar surface area (TPSA) is 70.3 Å². The molecule has 1 aliphatic rings. The van der Waals surface area contributed by atoms with Gasteiger partial charge in [0.2, 0.25) is 0 Å². The molecule has 0 saturated carbocycles. The van der Waals surface area contributed by atoms with Crippen LogP contribution in [0.2, 0.25) is 0 Å². The summed E-state index contributed by atoms with van der Waals surface area (Å²) in [4.78, 5) is 13.4. The van der Waals surface area contributed by atoms with E-state index in [-0.39, 0.29) is 17.7 Å². The van der Waals surface area contributed by atoms with E-state index in [1.165, 1.54) is 16.9 Å². The highest BCUT2D eigenvalue weighted by Gasteiger charge is 2.22. The van der Waals surface area contributed by atoms with Gasteiger partial charge in [-0.3, -0.25) is 4.79 Å². The maximum Gasteiger partial charge on any atom is 0.261 e. The molecule has 0 aliphatic carbocycles. The lowest BCUT2D eigenvalue weighted by molar-refractivity contribution is -0.0109. The van der Waals surface area contributed by atoms with E-state index < -0.39 is 5.82 Å². The number of carbonyl (C=O) groups is 1. The molecule has 4 aromatic rings. The second kappa shape index (κ2) is 9.93. The number of amides is 1. The summed E-state index contributed by atoms with van der Waals surface area (Å²) < 4.78 is 29.4. The summed E-state index contributed by atoms with van der Waals surface area (Å²) in [5, 5.41) is 7.26. The highest BCUT2D eigenvalue weighted by molar-refractivity contribution is 6.07. The molecule has 1 atom stereocenters. The smallest absolute Gasteiger partial charge is 0.261 e. The van der Waals surface area contributed by atoms with Gasteiger partial charge in [-0.25, -0.2) is 9.07 Å². The number of halogens is 1. The Bertz CT molecular complexity index is 1260. The van der Waals surface area contributed by atoms with Gasteiger partial charge < -0.3 is 19.4 Å². The predicted molar refractivity (Wildman–Crippen MR) is 126 cm³/mol. The Balaban J connectivity index is 1.42. The van der Waals surface area contributed by atoms with E-state index >= 15 is 0 Å². The Kier molecular flexibility index (Phi) is 6.40. The summed E-state index contributed by atoms with van der Waals surface area (Å²) in [6.07, 6.45) is 8.23. The van der Waals surface area contributed by atoms with Crippen LogP contribution in [0, 0.1) is 5.82 Å². The predicted octanol–water partition coefficient (Wildman–Crippen LogP) is 5.00. The van der Waals surface area contributed by atoms with Crippen molar-refractivity contribution in [1.82, 2.24) is 14.3 Å². The van der Waals surface area contributed by atoms with Crippen LogP contribution in [0.4, 0.5) is 10.1 Å². The normalized spacial score (nSPS) is 15.7. The van der Waals surface area contributed by atoms with E-state index in [0.717, 1.165) is 25.9 Å². The number of anilines is 1.